The summed E-state index contributed by atoms with van der Waals surface area (Å²) in [5, 5.41) is -0.0196. The summed E-state index contributed by atoms with van der Waals surface area (Å²) < 4.78 is 4.38. The van der Waals surface area contributed by atoms with Crippen LogP contribution in [0.4, 0.5) is 0 Å². The highest BCUT2D eigenvalue weighted by atomic mass is 35.5. The molecule has 0 saturated carbocycles. The second-order valence-corrected chi connectivity index (χ2v) is 2.86. The first kappa shape index (κ1) is 7.92. The van der Waals surface area contributed by atoms with Crippen LogP contribution in [0.15, 0.2) is 21.4 Å². The van der Waals surface area contributed by atoms with Crippen molar-refractivity contribution in [3.05, 3.63) is 21.4 Å². The Bertz CT molecular complexity index is 237. The second kappa shape index (κ2) is 2.82. The van der Waals surface area contributed by atoms with Gasteiger partial charge >= 0.3 is 5.97 Å². The molecule has 0 saturated heterocycles. The van der Waals surface area contributed by atoms with Crippen molar-refractivity contribution >= 4 is 40.8 Å². The molecule has 0 aromatic heterocycles. The molecule has 1 aliphatic heterocycles. The first-order valence-electron chi connectivity index (χ1n) is 2.26. The van der Waals surface area contributed by atoms with E-state index in [1.165, 1.54) is 6.08 Å². The van der Waals surface area contributed by atoms with Crippen LogP contribution in [0.1, 0.15) is 0 Å². The van der Waals surface area contributed by atoms with Gasteiger partial charge in [0.05, 0.1) is 0 Å². The van der Waals surface area contributed by atoms with Crippen LogP contribution < -0.4 is 0 Å². The molecule has 0 radical (unpaired) electrons. The Morgan fingerprint density at radius 2 is 2.10 bits per heavy atom. The molecule has 1 heterocycles. The van der Waals surface area contributed by atoms with Gasteiger partial charge in [0, 0.05) is 6.08 Å². The minimum Gasteiger partial charge on any atom is -0.420 e. The number of carbonyl (C=O) groups excluding carboxylic acids is 1. The number of esters is 1. The maximum Gasteiger partial charge on any atom is 0.355 e. The highest BCUT2D eigenvalue weighted by Crippen LogP contribution is 2.25. The predicted molar refractivity (Wildman–Crippen MR) is 38.8 cm³/mol. The average Bonchev–Trinajstić information content (AvgIpc) is 2.13. The van der Waals surface area contributed by atoms with Crippen molar-refractivity contribution in [2.24, 2.45) is 0 Å². The van der Waals surface area contributed by atoms with Gasteiger partial charge in [0.1, 0.15) is 9.52 Å². The Morgan fingerprint density at radius 3 is 2.30 bits per heavy atom. The monoisotopic (exact) mass is 198 g/mol. The number of hydrogen-bond acceptors (Lipinski definition) is 2. The summed E-state index contributed by atoms with van der Waals surface area (Å²) >= 11 is 15.9. The summed E-state index contributed by atoms with van der Waals surface area (Å²) in [7, 11) is 0. The van der Waals surface area contributed by atoms with Gasteiger partial charge in [-0.05, 0) is 0 Å². The molecule has 10 heavy (non-hydrogen) atoms. The summed E-state index contributed by atoms with van der Waals surface area (Å²) in [5.74, 6) is -0.534. The molecule has 0 amide bonds. The van der Waals surface area contributed by atoms with Crippen molar-refractivity contribution < 1.29 is 9.53 Å². The van der Waals surface area contributed by atoms with Crippen LogP contribution in [-0.2, 0) is 9.53 Å². The summed E-state index contributed by atoms with van der Waals surface area (Å²) in [6.07, 6.45) is 1.26. The highest BCUT2D eigenvalue weighted by molar-refractivity contribution is 6.56. The van der Waals surface area contributed by atoms with Gasteiger partial charge in [-0.1, -0.05) is 34.8 Å². The van der Waals surface area contributed by atoms with Crippen molar-refractivity contribution in [3.63, 3.8) is 0 Å². The van der Waals surface area contributed by atoms with Crippen LogP contribution in [0.25, 0.3) is 0 Å². The van der Waals surface area contributed by atoms with Gasteiger partial charge in [-0.3, -0.25) is 0 Å². The Hall–Kier alpha value is -0.180. The third-order valence-corrected chi connectivity index (χ3v) is 1.48. The van der Waals surface area contributed by atoms with Gasteiger partial charge in [-0.15, -0.1) is 0 Å². The van der Waals surface area contributed by atoms with E-state index in [1.807, 2.05) is 0 Å². The highest BCUT2D eigenvalue weighted by Gasteiger charge is 2.20. The zero-order valence-corrected chi connectivity index (χ0v) is 6.80. The number of rotatable bonds is 0. The number of carbonyl (C=O) groups is 1. The van der Waals surface area contributed by atoms with Crippen molar-refractivity contribution in [2.45, 2.75) is 0 Å². The van der Waals surface area contributed by atoms with Crippen LogP contribution in [0.5, 0.6) is 0 Å². The van der Waals surface area contributed by atoms with Crippen LogP contribution in [-0.4, -0.2) is 5.97 Å². The molecule has 0 spiro atoms. The van der Waals surface area contributed by atoms with Crippen LogP contribution in [0.2, 0.25) is 0 Å². The fraction of sp³-hybridized carbons (Fsp3) is 0. The number of hydrogen-bond donors (Lipinski definition) is 0. The minimum absolute atomic E-state index is 0.0196. The van der Waals surface area contributed by atoms with E-state index >= 15 is 0 Å². The van der Waals surface area contributed by atoms with Crippen molar-refractivity contribution in [1.29, 1.82) is 0 Å². The first-order chi connectivity index (χ1) is 4.61. The molecule has 5 heteroatoms. The largest absolute Gasteiger partial charge is 0.420 e. The maximum atomic E-state index is 10.5. The molecule has 0 fully saturated rings. The van der Waals surface area contributed by atoms with Crippen molar-refractivity contribution in [1.82, 2.24) is 0 Å². The van der Waals surface area contributed by atoms with Gasteiger partial charge in [-0.25, -0.2) is 4.79 Å². The Balaban J connectivity index is 2.95. The van der Waals surface area contributed by atoms with E-state index in [0.717, 1.165) is 0 Å². The molecule has 0 bridgehead atoms. The summed E-state index contributed by atoms with van der Waals surface area (Å²) in [6.45, 7) is 0. The second-order valence-electron chi connectivity index (χ2n) is 1.51. The van der Waals surface area contributed by atoms with Gasteiger partial charge in [0.25, 0.3) is 0 Å². The quantitative estimate of drug-likeness (QED) is 0.560. The molecule has 0 aromatic rings. The molecule has 54 valence electrons. The molecule has 0 atom stereocenters. The predicted octanol–water partition coefficient (Wildman–Crippen LogP) is 2.31. The van der Waals surface area contributed by atoms with E-state index in [1.54, 1.807) is 0 Å². The van der Waals surface area contributed by atoms with Gasteiger partial charge < -0.3 is 4.74 Å². The lowest BCUT2D eigenvalue weighted by atomic mass is 10.5. The van der Waals surface area contributed by atoms with E-state index in [2.05, 4.69) is 4.74 Å². The fourth-order valence-electron chi connectivity index (χ4n) is 0.445. The van der Waals surface area contributed by atoms with Gasteiger partial charge in [-0.2, -0.15) is 0 Å². The smallest absolute Gasteiger partial charge is 0.355 e. The van der Waals surface area contributed by atoms with E-state index in [9.17, 15) is 4.79 Å². The third kappa shape index (κ3) is 1.45. The first-order valence-corrected chi connectivity index (χ1v) is 3.39. The topological polar surface area (TPSA) is 26.3 Å². The lowest BCUT2D eigenvalue weighted by molar-refractivity contribution is -0.132. The lowest BCUT2D eigenvalue weighted by Gasteiger charge is -1.92. The zero-order chi connectivity index (χ0) is 7.72. The molecule has 0 unspecified atom stereocenters. The molecule has 0 N–H and O–H groups in total. The Morgan fingerprint density at radius 1 is 1.50 bits per heavy atom. The zero-order valence-electron chi connectivity index (χ0n) is 4.53. The van der Waals surface area contributed by atoms with Crippen molar-refractivity contribution in [3.8, 4) is 0 Å². The number of cyclic esters (lactones) is 1. The molecular formula is C5HCl3O2. The summed E-state index contributed by atoms with van der Waals surface area (Å²) in [4.78, 5) is 10.5. The SMILES string of the molecule is O=C1OC(=C(Cl)Cl)C=C1Cl. The van der Waals surface area contributed by atoms with Crippen LogP contribution in [0, 0.1) is 0 Å². The lowest BCUT2D eigenvalue weighted by Crippen LogP contribution is -1.93. The molecule has 0 aliphatic carbocycles. The average molecular weight is 199 g/mol. The molecule has 1 aliphatic rings. The van der Waals surface area contributed by atoms with Crippen LogP contribution in [0.3, 0.4) is 0 Å². The van der Waals surface area contributed by atoms with E-state index in [4.69, 9.17) is 34.8 Å². The van der Waals surface area contributed by atoms with Gasteiger partial charge in [0.2, 0.25) is 0 Å². The molecule has 2 nitrogen and oxygen atoms in total. The molecule has 1 rings (SSSR count). The van der Waals surface area contributed by atoms with E-state index in [-0.39, 0.29) is 15.3 Å². The summed E-state index contributed by atoms with van der Waals surface area (Å²) in [6, 6.07) is 0. The molecular weight excluding hydrogens is 198 g/mol. The van der Waals surface area contributed by atoms with Gasteiger partial charge in [0.15, 0.2) is 5.76 Å². The number of ether oxygens (including phenoxy) is 1. The van der Waals surface area contributed by atoms with E-state index < -0.39 is 5.97 Å². The maximum absolute atomic E-state index is 10.5. The minimum atomic E-state index is -0.629. The third-order valence-electron chi connectivity index (χ3n) is 0.842. The Kier molecular flexibility index (Phi) is 2.24. The van der Waals surface area contributed by atoms with E-state index in [0.29, 0.717) is 0 Å². The fourth-order valence-corrected chi connectivity index (χ4v) is 0.769. The van der Waals surface area contributed by atoms with Crippen LogP contribution >= 0.6 is 34.8 Å². The number of allylic oxidation sites excluding steroid dienone is 1. The standard InChI is InChI=1S/C5HCl3O2/c6-2-1-3(4(7)8)10-5(2)9/h1H. The summed E-state index contributed by atoms with van der Waals surface area (Å²) in [5.41, 5.74) is 0. The number of halogens is 3. The Labute approximate surface area is 72.0 Å². The van der Waals surface area contributed by atoms with Crippen molar-refractivity contribution in [2.75, 3.05) is 0 Å². The normalized spacial score (nSPS) is 16.9. The molecule has 0 aromatic carbocycles.